The van der Waals surface area contributed by atoms with Crippen molar-refractivity contribution in [3.8, 4) is 11.5 Å². The summed E-state index contributed by atoms with van der Waals surface area (Å²) in [4.78, 5) is 12.5. The lowest BCUT2D eigenvalue weighted by atomic mass is 10.1. The Morgan fingerprint density at radius 2 is 1.61 bits per heavy atom. The van der Waals surface area contributed by atoms with Crippen LogP contribution in [0.4, 0.5) is 0 Å². The fourth-order valence-corrected chi connectivity index (χ4v) is 2.17. The van der Waals surface area contributed by atoms with Gasteiger partial charge in [-0.1, -0.05) is 25.5 Å². The molecule has 0 heterocycles. The predicted octanol–water partition coefficient (Wildman–Crippen LogP) is 5.04. The van der Waals surface area contributed by atoms with Crippen molar-refractivity contribution in [3.05, 3.63) is 54.1 Å². The van der Waals surface area contributed by atoms with E-state index in [9.17, 15) is 4.79 Å². The number of ether oxygens (including phenoxy) is 2. The Morgan fingerprint density at radius 3 is 2.22 bits per heavy atom. The first kappa shape index (κ1) is 17.4. The van der Waals surface area contributed by atoms with Crippen molar-refractivity contribution in [3.63, 3.8) is 0 Å². The molecule has 0 atom stereocenters. The van der Waals surface area contributed by atoms with Gasteiger partial charge in [-0.15, -0.1) is 12.6 Å². The summed E-state index contributed by atoms with van der Waals surface area (Å²) in [6.07, 6.45) is 3.05. The van der Waals surface area contributed by atoms with E-state index in [1.807, 2.05) is 48.5 Å². The monoisotopic (exact) mass is 330 g/mol. The van der Waals surface area contributed by atoms with Gasteiger partial charge in [0.2, 0.25) is 0 Å². The van der Waals surface area contributed by atoms with Gasteiger partial charge in [-0.3, -0.25) is 4.79 Å². The van der Waals surface area contributed by atoms with Crippen molar-refractivity contribution in [2.75, 3.05) is 6.61 Å². The van der Waals surface area contributed by atoms with Gasteiger partial charge in [0.05, 0.1) is 6.61 Å². The summed E-state index contributed by atoms with van der Waals surface area (Å²) in [5, 5.41) is 0. The molecule has 0 fully saturated rings. The Bertz CT molecular complexity index is 606. The van der Waals surface area contributed by atoms with E-state index in [1.54, 1.807) is 0 Å². The lowest BCUT2D eigenvalue weighted by Gasteiger charge is -2.07. The molecule has 0 spiro atoms. The molecule has 0 unspecified atom stereocenters. The lowest BCUT2D eigenvalue weighted by molar-refractivity contribution is -0.143. The third kappa shape index (κ3) is 6.37. The van der Waals surface area contributed by atoms with Crippen LogP contribution in [-0.2, 0) is 16.0 Å². The zero-order chi connectivity index (χ0) is 16.5. The minimum absolute atomic E-state index is 0.134. The molecule has 0 saturated carbocycles. The van der Waals surface area contributed by atoms with Crippen LogP contribution in [0.25, 0.3) is 0 Å². The van der Waals surface area contributed by atoms with E-state index in [-0.39, 0.29) is 5.97 Å². The first-order valence-electron chi connectivity index (χ1n) is 7.89. The quantitative estimate of drug-likeness (QED) is 0.418. The number of carbonyl (C=O) groups excluding carboxylic acids is 1. The van der Waals surface area contributed by atoms with E-state index < -0.39 is 0 Å². The first-order valence-corrected chi connectivity index (χ1v) is 8.33. The highest BCUT2D eigenvalue weighted by Crippen LogP contribution is 2.23. The Morgan fingerprint density at radius 1 is 1.00 bits per heavy atom. The maximum atomic E-state index is 11.6. The average molecular weight is 330 g/mol. The second kappa shape index (κ2) is 9.26. The van der Waals surface area contributed by atoms with Crippen LogP contribution in [0.3, 0.4) is 0 Å². The molecule has 0 bridgehead atoms. The molecule has 0 N–H and O–H groups in total. The highest BCUT2D eigenvalue weighted by molar-refractivity contribution is 7.80. The Labute approximate surface area is 143 Å². The number of rotatable bonds is 8. The molecule has 2 aromatic rings. The van der Waals surface area contributed by atoms with Crippen LogP contribution in [-0.4, -0.2) is 12.6 Å². The molecule has 0 amide bonds. The zero-order valence-electron chi connectivity index (χ0n) is 13.3. The minimum Gasteiger partial charge on any atom is -0.466 e. The largest absolute Gasteiger partial charge is 0.466 e. The summed E-state index contributed by atoms with van der Waals surface area (Å²) in [5.41, 5.74) is 1.09. The van der Waals surface area contributed by atoms with Crippen LogP contribution in [0.15, 0.2) is 53.4 Å². The number of esters is 1. The molecule has 0 saturated heterocycles. The van der Waals surface area contributed by atoms with Crippen LogP contribution in [0.1, 0.15) is 31.7 Å². The highest BCUT2D eigenvalue weighted by Gasteiger charge is 2.04. The summed E-state index contributed by atoms with van der Waals surface area (Å²) in [5.74, 6) is 1.41. The number of benzene rings is 2. The number of thiol groups is 1. The summed E-state index contributed by atoms with van der Waals surface area (Å²) in [6.45, 7) is 2.59. The zero-order valence-corrected chi connectivity index (χ0v) is 14.2. The molecule has 0 radical (unpaired) electrons. The van der Waals surface area contributed by atoms with Crippen molar-refractivity contribution in [2.24, 2.45) is 0 Å². The second-order valence-corrected chi connectivity index (χ2v) is 5.83. The molecule has 3 nitrogen and oxygen atoms in total. The molecule has 2 aromatic carbocycles. The Hall–Kier alpha value is -1.94. The standard InChI is InChI=1S/C19H22O3S/c1-2-3-14-21-19(20)13-6-15-4-7-16(8-5-15)22-17-9-11-18(23)12-10-17/h4-5,7-12,23H,2-3,6,13-14H2,1H3. The number of hydrogen-bond donors (Lipinski definition) is 1. The van der Waals surface area contributed by atoms with Crippen molar-refractivity contribution < 1.29 is 14.3 Å². The number of carbonyl (C=O) groups is 1. The van der Waals surface area contributed by atoms with E-state index in [2.05, 4.69) is 19.6 Å². The van der Waals surface area contributed by atoms with Crippen LogP contribution >= 0.6 is 12.6 Å². The van der Waals surface area contributed by atoms with Crippen molar-refractivity contribution >= 4 is 18.6 Å². The van der Waals surface area contributed by atoms with Gasteiger partial charge >= 0.3 is 5.97 Å². The summed E-state index contributed by atoms with van der Waals surface area (Å²) in [7, 11) is 0. The predicted molar refractivity (Wildman–Crippen MR) is 94.4 cm³/mol. The third-order valence-corrected chi connectivity index (χ3v) is 3.67. The molecule has 0 aliphatic carbocycles. The minimum atomic E-state index is -0.134. The van der Waals surface area contributed by atoms with Crippen LogP contribution in [0, 0.1) is 0 Å². The van der Waals surface area contributed by atoms with Crippen LogP contribution < -0.4 is 4.74 Å². The molecule has 0 aliphatic rings. The Kier molecular flexibility index (Phi) is 7.01. The van der Waals surface area contributed by atoms with Crippen molar-refractivity contribution in [2.45, 2.75) is 37.5 Å². The fourth-order valence-electron chi connectivity index (χ4n) is 2.02. The first-order chi connectivity index (χ1) is 11.2. The molecular weight excluding hydrogens is 308 g/mol. The van der Waals surface area contributed by atoms with E-state index in [4.69, 9.17) is 9.47 Å². The lowest BCUT2D eigenvalue weighted by Crippen LogP contribution is -2.06. The maximum Gasteiger partial charge on any atom is 0.306 e. The van der Waals surface area contributed by atoms with Gasteiger partial charge in [0.25, 0.3) is 0 Å². The van der Waals surface area contributed by atoms with Gasteiger partial charge in [0, 0.05) is 11.3 Å². The fraction of sp³-hybridized carbons (Fsp3) is 0.316. The van der Waals surface area contributed by atoms with Crippen LogP contribution in [0.5, 0.6) is 11.5 Å². The van der Waals surface area contributed by atoms with E-state index in [0.717, 1.165) is 34.8 Å². The second-order valence-electron chi connectivity index (χ2n) is 5.31. The number of unbranched alkanes of at least 4 members (excludes halogenated alkanes) is 1. The molecule has 0 aliphatic heterocycles. The van der Waals surface area contributed by atoms with Gasteiger partial charge in [-0.05, 0) is 54.8 Å². The molecule has 23 heavy (non-hydrogen) atoms. The summed E-state index contributed by atoms with van der Waals surface area (Å²) in [6, 6.07) is 15.3. The molecule has 122 valence electrons. The van der Waals surface area contributed by atoms with E-state index in [0.29, 0.717) is 19.4 Å². The van der Waals surface area contributed by atoms with Crippen LogP contribution in [0.2, 0.25) is 0 Å². The van der Waals surface area contributed by atoms with Gasteiger partial charge in [0.1, 0.15) is 11.5 Å². The number of hydrogen-bond acceptors (Lipinski definition) is 4. The summed E-state index contributed by atoms with van der Waals surface area (Å²) >= 11 is 4.24. The topological polar surface area (TPSA) is 35.5 Å². The maximum absolute atomic E-state index is 11.6. The number of aryl methyl sites for hydroxylation is 1. The van der Waals surface area contributed by atoms with Gasteiger partial charge in [0.15, 0.2) is 0 Å². The van der Waals surface area contributed by atoms with E-state index >= 15 is 0 Å². The van der Waals surface area contributed by atoms with E-state index in [1.165, 1.54) is 0 Å². The molecular formula is C19H22O3S. The molecule has 4 heteroatoms. The van der Waals surface area contributed by atoms with Gasteiger partial charge < -0.3 is 9.47 Å². The summed E-state index contributed by atoms with van der Waals surface area (Å²) < 4.78 is 10.9. The SMILES string of the molecule is CCCCOC(=O)CCc1ccc(Oc2ccc(S)cc2)cc1. The van der Waals surface area contributed by atoms with Gasteiger partial charge in [-0.2, -0.15) is 0 Å². The molecule has 0 aromatic heterocycles. The van der Waals surface area contributed by atoms with Crippen molar-refractivity contribution in [1.29, 1.82) is 0 Å². The van der Waals surface area contributed by atoms with Gasteiger partial charge in [-0.25, -0.2) is 0 Å². The average Bonchev–Trinajstić information content (AvgIpc) is 2.57. The Balaban J connectivity index is 1.80. The highest BCUT2D eigenvalue weighted by atomic mass is 32.1. The normalized spacial score (nSPS) is 10.3. The van der Waals surface area contributed by atoms with Crippen molar-refractivity contribution in [1.82, 2.24) is 0 Å². The third-order valence-electron chi connectivity index (χ3n) is 3.37. The smallest absolute Gasteiger partial charge is 0.306 e. The molecule has 2 rings (SSSR count).